The molecule has 1 aliphatic carbocycles. The Kier molecular flexibility index (Phi) is 12.6. The fourth-order valence-electron chi connectivity index (χ4n) is 7.22. The van der Waals surface area contributed by atoms with E-state index in [4.69, 9.17) is 30.5 Å². The van der Waals surface area contributed by atoms with Gasteiger partial charge in [-0.05, 0) is 69.8 Å². The fourth-order valence-corrected chi connectivity index (χ4v) is 7.38. The lowest BCUT2D eigenvalue weighted by atomic mass is 9.72. The number of aryl methyl sites for hydroxylation is 1. The SMILES string of the molecule is [2H]C([2H])(c1ccc(CC)cc1)c1cc([C@@H]2C[C@]([2H])(COCc3ccccc3)[C@@H](OCc3ccccc3)[C@H](OCc3ccccc3)[C@H]2OCc2ccccc2)ccc1Cl. The lowest BCUT2D eigenvalue weighted by Gasteiger charge is -2.47. The Balaban J connectivity index is 1.32. The second kappa shape index (κ2) is 19.9. The molecule has 5 atom stereocenters. The van der Waals surface area contributed by atoms with E-state index in [0.29, 0.717) is 35.8 Å². The van der Waals surface area contributed by atoms with Crippen molar-refractivity contribution in [1.82, 2.24) is 0 Å². The summed E-state index contributed by atoms with van der Waals surface area (Å²) in [6.45, 7) is 3.34. The first-order chi connectivity index (χ1) is 28.2. The number of rotatable bonds is 17. The normalized spacial score (nSPS) is 22.0. The Morgan fingerprint density at radius 1 is 0.545 bits per heavy atom. The minimum absolute atomic E-state index is 0.0690. The molecule has 0 amide bonds. The minimum atomic E-state index is -1.89. The first-order valence-electron chi connectivity index (χ1n) is 20.7. The van der Waals surface area contributed by atoms with Crippen LogP contribution in [0.2, 0.25) is 5.02 Å². The number of hydrogen-bond acceptors (Lipinski definition) is 4. The van der Waals surface area contributed by atoms with Crippen LogP contribution in [0.1, 0.15) is 67.9 Å². The van der Waals surface area contributed by atoms with Crippen molar-refractivity contribution in [2.24, 2.45) is 5.89 Å². The molecule has 7 rings (SSSR count). The molecule has 6 aromatic carbocycles. The van der Waals surface area contributed by atoms with E-state index in [1.807, 2.05) is 158 Å². The summed E-state index contributed by atoms with van der Waals surface area (Å²) in [7, 11) is 0. The van der Waals surface area contributed by atoms with Crippen LogP contribution in [0.4, 0.5) is 0 Å². The van der Waals surface area contributed by atoms with E-state index in [2.05, 4.69) is 6.92 Å². The third-order valence-corrected chi connectivity index (χ3v) is 10.5. The molecule has 55 heavy (non-hydrogen) atoms. The average Bonchev–Trinajstić information content (AvgIpc) is 3.26. The molecule has 282 valence electrons. The van der Waals surface area contributed by atoms with Crippen LogP contribution in [-0.2, 0) is 58.2 Å². The maximum absolute atomic E-state index is 10.4. The van der Waals surface area contributed by atoms with Crippen LogP contribution >= 0.6 is 11.6 Å². The predicted octanol–water partition coefficient (Wildman–Crippen LogP) is 11.6. The highest BCUT2D eigenvalue weighted by Crippen LogP contribution is 2.43. The van der Waals surface area contributed by atoms with Crippen LogP contribution in [0.25, 0.3) is 0 Å². The van der Waals surface area contributed by atoms with Gasteiger partial charge < -0.3 is 18.9 Å². The van der Waals surface area contributed by atoms with Gasteiger partial charge in [-0.3, -0.25) is 0 Å². The quantitative estimate of drug-likeness (QED) is 0.0929. The minimum Gasteiger partial charge on any atom is -0.376 e. The Morgan fingerprint density at radius 3 is 1.55 bits per heavy atom. The molecular formula is C50H51ClO4. The van der Waals surface area contributed by atoms with Crippen LogP contribution in [0.5, 0.6) is 0 Å². The van der Waals surface area contributed by atoms with Crippen LogP contribution < -0.4 is 0 Å². The van der Waals surface area contributed by atoms with Crippen molar-refractivity contribution in [3.63, 3.8) is 0 Å². The standard InChI is InChI=1S/C50H51ClO4/c1-2-37-23-25-38(26-24-37)29-44-30-43(27-28-47(44)51)46-31-45(36-52-32-39-15-7-3-8-16-39)48(53-33-40-17-9-4-10-18-40)50(55-35-42-21-13-6-14-22-42)49(46)54-34-41-19-11-5-12-20-41/h3-28,30,45-46,48-50H,2,29,31-36H2,1H3/t45-,46+,48-,49+,50+/m1/s1/i29D2,45D. The zero-order valence-electron chi connectivity index (χ0n) is 34.4. The molecular weight excluding hydrogens is 700 g/mol. The van der Waals surface area contributed by atoms with Gasteiger partial charge in [-0.15, -0.1) is 0 Å². The summed E-state index contributed by atoms with van der Waals surface area (Å²) in [6, 6.07) is 53.2. The maximum atomic E-state index is 10.4. The van der Waals surface area contributed by atoms with Crippen LogP contribution in [0, 0.1) is 5.89 Å². The van der Waals surface area contributed by atoms with Crippen molar-refractivity contribution in [3.8, 4) is 0 Å². The third-order valence-electron chi connectivity index (χ3n) is 10.2. The van der Waals surface area contributed by atoms with E-state index in [-0.39, 0.29) is 19.8 Å². The van der Waals surface area contributed by atoms with Gasteiger partial charge in [-0.1, -0.05) is 176 Å². The summed E-state index contributed by atoms with van der Waals surface area (Å²) in [5.74, 6) is -1.73. The van der Waals surface area contributed by atoms with E-state index < -0.39 is 36.5 Å². The highest BCUT2D eigenvalue weighted by molar-refractivity contribution is 6.31. The predicted molar refractivity (Wildman–Crippen MR) is 222 cm³/mol. The summed E-state index contributed by atoms with van der Waals surface area (Å²) in [5, 5.41) is 0.329. The van der Waals surface area contributed by atoms with Gasteiger partial charge in [0, 0.05) is 20.9 Å². The highest BCUT2D eigenvalue weighted by atomic mass is 35.5. The first-order valence-corrected chi connectivity index (χ1v) is 19.6. The zero-order valence-corrected chi connectivity index (χ0v) is 32.1. The molecule has 1 aliphatic rings. The first kappa shape index (κ1) is 34.9. The molecule has 4 nitrogen and oxygen atoms in total. The van der Waals surface area contributed by atoms with E-state index in [9.17, 15) is 4.11 Å². The van der Waals surface area contributed by atoms with E-state index in [1.165, 1.54) is 0 Å². The molecule has 0 heterocycles. The average molecular weight is 754 g/mol. The van der Waals surface area contributed by atoms with Gasteiger partial charge in [0.15, 0.2) is 0 Å². The van der Waals surface area contributed by atoms with Crippen LogP contribution in [0.3, 0.4) is 0 Å². The third kappa shape index (κ3) is 10.8. The Hall–Kier alpha value is -4.55. The number of ether oxygens (including phenoxy) is 4. The molecule has 5 heteroatoms. The van der Waals surface area contributed by atoms with Crippen molar-refractivity contribution in [3.05, 3.63) is 213 Å². The van der Waals surface area contributed by atoms with Crippen molar-refractivity contribution < 1.29 is 23.1 Å². The molecule has 6 aromatic rings. The molecule has 0 aliphatic heterocycles. The molecule has 1 fully saturated rings. The zero-order chi connectivity index (χ0) is 40.4. The van der Waals surface area contributed by atoms with Gasteiger partial charge in [0.25, 0.3) is 0 Å². The Morgan fingerprint density at radius 2 is 1.02 bits per heavy atom. The van der Waals surface area contributed by atoms with Gasteiger partial charge in [0.1, 0.15) is 6.10 Å². The van der Waals surface area contributed by atoms with Gasteiger partial charge in [-0.2, -0.15) is 0 Å². The van der Waals surface area contributed by atoms with Crippen molar-refractivity contribution in [1.29, 1.82) is 0 Å². The number of benzene rings is 6. The molecule has 0 spiro atoms. The van der Waals surface area contributed by atoms with Gasteiger partial charge >= 0.3 is 0 Å². The molecule has 0 aromatic heterocycles. The topological polar surface area (TPSA) is 36.9 Å². The molecule has 0 saturated heterocycles. The Bertz CT molecular complexity index is 2160. The summed E-state index contributed by atoms with van der Waals surface area (Å²) < 4.78 is 56.5. The smallest absolute Gasteiger partial charge is 0.111 e. The summed E-state index contributed by atoms with van der Waals surface area (Å²) in [4.78, 5) is 0. The Labute approximate surface area is 336 Å². The fraction of sp³-hybridized carbons (Fsp3) is 0.280. The van der Waals surface area contributed by atoms with Gasteiger partial charge in [0.2, 0.25) is 0 Å². The maximum Gasteiger partial charge on any atom is 0.111 e. The van der Waals surface area contributed by atoms with Crippen LogP contribution in [0.15, 0.2) is 164 Å². The van der Waals surface area contributed by atoms with E-state index in [0.717, 1.165) is 39.8 Å². The van der Waals surface area contributed by atoms with E-state index in [1.54, 1.807) is 6.07 Å². The number of hydrogen-bond donors (Lipinski definition) is 0. The highest BCUT2D eigenvalue weighted by Gasteiger charge is 2.48. The summed E-state index contributed by atoms with van der Waals surface area (Å²) in [6.07, 6.45) is -2.82. The second-order valence-electron chi connectivity index (χ2n) is 14.1. The lowest BCUT2D eigenvalue weighted by molar-refractivity contribution is -0.201. The van der Waals surface area contributed by atoms with Crippen molar-refractivity contribution >= 4 is 11.6 Å². The lowest BCUT2D eigenvalue weighted by Crippen LogP contribution is -2.54. The summed E-state index contributed by atoms with van der Waals surface area (Å²) in [5.41, 5.74) is 6.80. The molecule has 1 saturated carbocycles. The molecule has 0 radical (unpaired) electrons. The number of halogens is 1. The van der Waals surface area contributed by atoms with Gasteiger partial charge in [0.05, 0.1) is 45.2 Å². The van der Waals surface area contributed by atoms with Gasteiger partial charge in [-0.25, -0.2) is 0 Å². The molecule has 0 N–H and O–H groups in total. The van der Waals surface area contributed by atoms with Crippen LogP contribution in [-0.4, -0.2) is 24.9 Å². The molecule has 0 bridgehead atoms. The van der Waals surface area contributed by atoms with Crippen molar-refractivity contribution in [2.45, 2.75) is 76.8 Å². The monoisotopic (exact) mass is 753 g/mol. The second-order valence-corrected chi connectivity index (χ2v) is 14.5. The molecule has 0 unspecified atom stereocenters. The van der Waals surface area contributed by atoms with Crippen molar-refractivity contribution in [2.75, 3.05) is 6.61 Å². The summed E-state index contributed by atoms with van der Waals surface area (Å²) >= 11 is 6.88. The largest absolute Gasteiger partial charge is 0.376 e. The van der Waals surface area contributed by atoms with E-state index >= 15 is 0 Å².